The summed E-state index contributed by atoms with van der Waals surface area (Å²) in [5.41, 5.74) is 0. The molecule has 0 nitrogen and oxygen atoms in total. The lowest BCUT2D eigenvalue weighted by Crippen LogP contribution is -2.23. The lowest BCUT2D eigenvalue weighted by Gasteiger charge is -1.89. The summed E-state index contributed by atoms with van der Waals surface area (Å²) in [5.74, 6) is 0. The standard InChI is InChI=1S/C12H16/c1-3-7-11-9-5-6-10-12(11)8-4-2/h5-10H,3-4H2,1-2H3/b11-7-,12-8-. The largest absolute Gasteiger partial charge is 0.0769 e. The van der Waals surface area contributed by atoms with Crippen LogP contribution >= 0.6 is 0 Å². The van der Waals surface area contributed by atoms with Gasteiger partial charge in [0.25, 0.3) is 0 Å². The number of hydrogen-bond donors (Lipinski definition) is 0. The Hall–Kier alpha value is -1.04. The molecule has 0 bridgehead atoms. The van der Waals surface area contributed by atoms with Crippen LogP contribution in [0.4, 0.5) is 0 Å². The second kappa shape index (κ2) is 4.76. The molecule has 1 rings (SSSR count). The Kier molecular flexibility index (Phi) is 3.59. The van der Waals surface area contributed by atoms with Gasteiger partial charge in [-0.1, -0.05) is 50.3 Å². The Morgan fingerprint density at radius 1 is 0.917 bits per heavy atom. The minimum absolute atomic E-state index is 1.11. The van der Waals surface area contributed by atoms with Gasteiger partial charge in [-0.3, -0.25) is 0 Å². The first-order valence-corrected chi connectivity index (χ1v) is 4.64. The molecule has 0 saturated heterocycles. The molecule has 0 heterocycles. The average molecular weight is 160 g/mol. The highest BCUT2D eigenvalue weighted by molar-refractivity contribution is 5.30. The first kappa shape index (κ1) is 9.05. The molecule has 0 unspecified atom stereocenters. The van der Waals surface area contributed by atoms with Crippen molar-refractivity contribution in [1.29, 1.82) is 0 Å². The van der Waals surface area contributed by atoms with Gasteiger partial charge in [-0.2, -0.15) is 0 Å². The lowest BCUT2D eigenvalue weighted by molar-refractivity contribution is 1.26. The SMILES string of the molecule is CC/C=c1/cccc/c1=C/CC. The third-order valence-corrected chi connectivity index (χ3v) is 1.84. The third-order valence-electron chi connectivity index (χ3n) is 1.84. The van der Waals surface area contributed by atoms with Crippen molar-refractivity contribution in [2.45, 2.75) is 26.7 Å². The van der Waals surface area contributed by atoms with Crippen LogP contribution in [0, 0.1) is 0 Å². The molecule has 0 aliphatic carbocycles. The minimum Gasteiger partial charge on any atom is -0.0769 e. The molecular weight excluding hydrogens is 144 g/mol. The fraction of sp³-hybridized carbons (Fsp3) is 0.333. The van der Waals surface area contributed by atoms with E-state index in [2.05, 4.69) is 50.3 Å². The van der Waals surface area contributed by atoms with Crippen molar-refractivity contribution in [3.05, 3.63) is 34.7 Å². The zero-order valence-corrected chi connectivity index (χ0v) is 7.88. The van der Waals surface area contributed by atoms with Crippen molar-refractivity contribution in [2.24, 2.45) is 0 Å². The fourth-order valence-corrected chi connectivity index (χ4v) is 1.32. The zero-order chi connectivity index (χ0) is 8.81. The quantitative estimate of drug-likeness (QED) is 0.621. The van der Waals surface area contributed by atoms with E-state index in [4.69, 9.17) is 0 Å². The molecule has 0 aliphatic rings. The first-order chi connectivity index (χ1) is 5.88. The number of hydrogen-bond acceptors (Lipinski definition) is 0. The van der Waals surface area contributed by atoms with Gasteiger partial charge in [-0.25, -0.2) is 0 Å². The van der Waals surface area contributed by atoms with Crippen molar-refractivity contribution in [1.82, 2.24) is 0 Å². The molecular formula is C12H16. The molecule has 0 saturated carbocycles. The van der Waals surface area contributed by atoms with Crippen molar-refractivity contribution >= 4 is 12.2 Å². The van der Waals surface area contributed by atoms with Crippen LogP contribution < -0.4 is 10.4 Å². The van der Waals surface area contributed by atoms with Gasteiger partial charge < -0.3 is 0 Å². The van der Waals surface area contributed by atoms with E-state index in [-0.39, 0.29) is 0 Å². The van der Waals surface area contributed by atoms with E-state index in [1.807, 2.05) is 0 Å². The second-order valence-corrected chi connectivity index (χ2v) is 2.85. The summed E-state index contributed by atoms with van der Waals surface area (Å²) in [7, 11) is 0. The summed E-state index contributed by atoms with van der Waals surface area (Å²) >= 11 is 0. The molecule has 1 aromatic rings. The monoisotopic (exact) mass is 160 g/mol. The van der Waals surface area contributed by atoms with E-state index in [9.17, 15) is 0 Å². The molecule has 0 aliphatic heterocycles. The van der Waals surface area contributed by atoms with Crippen LogP contribution in [0.15, 0.2) is 24.3 Å². The highest BCUT2D eigenvalue weighted by Gasteiger charge is 1.80. The normalized spacial score (nSPS) is 13.8. The molecule has 64 valence electrons. The summed E-state index contributed by atoms with van der Waals surface area (Å²) in [4.78, 5) is 0. The van der Waals surface area contributed by atoms with Gasteiger partial charge >= 0.3 is 0 Å². The second-order valence-electron chi connectivity index (χ2n) is 2.85. The smallest absolute Gasteiger partial charge is 0.0227 e. The zero-order valence-electron chi connectivity index (χ0n) is 7.88. The molecule has 0 radical (unpaired) electrons. The van der Waals surface area contributed by atoms with Gasteiger partial charge in [0, 0.05) is 0 Å². The van der Waals surface area contributed by atoms with Crippen LogP contribution in [0.3, 0.4) is 0 Å². The minimum atomic E-state index is 1.11. The van der Waals surface area contributed by atoms with Gasteiger partial charge in [-0.15, -0.1) is 0 Å². The molecule has 0 N–H and O–H groups in total. The molecule has 0 aromatic heterocycles. The Balaban J connectivity index is 3.28. The molecule has 0 fully saturated rings. The fourth-order valence-electron chi connectivity index (χ4n) is 1.32. The van der Waals surface area contributed by atoms with E-state index in [1.54, 1.807) is 0 Å². The Bertz CT molecular complexity index is 298. The summed E-state index contributed by atoms with van der Waals surface area (Å²) in [6, 6.07) is 8.53. The Morgan fingerprint density at radius 2 is 1.33 bits per heavy atom. The van der Waals surface area contributed by atoms with Gasteiger partial charge in [0.15, 0.2) is 0 Å². The highest BCUT2D eigenvalue weighted by atomic mass is 13.9. The van der Waals surface area contributed by atoms with E-state index in [1.165, 1.54) is 10.4 Å². The maximum Gasteiger partial charge on any atom is -0.0227 e. The van der Waals surface area contributed by atoms with E-state index >= 15 is 0 Å². The topological polar surface area (TPSA) is 0 Å². The lowest BCUT2D eigenvalue weighted by atomic mass is 10.2. The van der Waals surface area contributed by atoms with E-state index in [0.29, 0.717) is 0 Å². The third kappa shape index (κ3) is 2.23. The van der Waals surface area contributed by atoms with Crippen LogP contribution in [0.1, 0.15) is 26.7 Å². The van der Waals surface area contributed by atoms with Gasteiger partial charge in [-0.05, 0) is 23.3 Å². The maximum atomic E-state index is 2.27. The molecule has 0 amide bonds. The Morgan fingerprint density at radius 3 is 1.67 bits per heavy atom. The molecule has 0 heteroatoms. The number of rotatable bonds is 2. The van der Waals surface area contributed by atoms with E-state index < -0.39 is 0 Å². The van der Waals surface area contributed by atoms with Crippen LogP contribution in [-0.4, -0.2) is 0 Å². The van der Waals surface area contributed by atoms with Gasteiger partial charge in [0.05, 0.1) is 0 Å². The molecule has 1 aromatic carbocycles. The maximum absolute atomic E-state index is 2.27. The first-order valence-electron chi connectivity index (χ1n) is 4.64. The van der Waals surface area contributed by atoms with Crippen molar-refractivity contribution in [2.75, 3.05) is 0 Å². The summed E-state index contributed by atoms with van der Waals surface area (Å²) in [5, 5.41) is 2.73. The van der Waals surface area contributed by atoms with E-state index in [0.717, 1.165) is 12.8 Å². The molecule has 0 spiro atoms. The Labute approximate surface area is 74.2 Å². The highest BCUT2D eigenvalue weighted by Crippen LogP contribution is 1.79. The van der Waals surface area contributed by atoms with Crippen LogP contribution in [0.5, 0.6) is 0 Å². The van der Waals surface area contributed by atoms with Gasteiger partial charge in [0.1, 0.15) is 0 Å². The van der Waals surface area contributed by atoms with Crippen molar-refractivity contribution in [3.63, 3.8) is 0 Å². The van der Waals surface area contributed by atoms with Crippen molar-refractivity contribution < 1.29 is 0 Å². The number of benzene rings is 1. The van der Waals surface area contributed by atoms with Crippen LogP contribution in [0.25, 0.3) is 12.2 Å². The van der Waals surface area contributed by atoms with Crippen LogP contribution in [-0.2, 0) is 0 Å². The predicted molar refractivity (Wildman–Crippen MR) is 55.2 cm³/mol. The predicted octanol–water partition coefficient (Wildman–Crippen LogP) is 2.07. The summed E-state index contributed by atoms with van der Waals surface area (Å²) in [6.07, 6.45) is 6.74. The molecule has 12 heavy (non-hydrogen) atoms. The molecule has 0 atom stereocenters. The average Bonchev–Trinajstić information content (AvgIpc) is 2.09. The van der Waals surface area contributed by atoms with Gasteiger partial charge in [0.2, 0.25) is 0 Å². The van der Waals surface area contributed by atoms with Crippen LogP contribution in [0.2, 0.25) is 0 Å². The summed E-state index contributed by atoms with van der Waals surface area (Å²) < 4.78 is 0. The van der Waals surface area contributed by atoms with Crippen molar-refractivity contribution in [3.8, 4) is 0 Å². The summed E-state index contributed by atoms with van der Waals surface area (Å²) in [6.45, 7) is 4.34.